The summed E-state index contributed by atoms with van der Waals surface area (Å²) in [7, 11) is 1.69. The molecule has 0 unspecified atom stereocenters. The Bertz CT molecular complexity index is 356. The number of ether oxygens (including phenoxy) is 1. The minimum Gasteiger partial charge on any atom is -0.497 e. The summed E-state index contributed by atoms with van der Waals surface area (Å²) >= 11 is 0. The summed E-state index contributed by atoms with van der Waals surface area (Å²) in [6.45, 7) is 4.98. The Balaban J connectivity index is 2.01. The molecule has 1 aliphatic heterocycles. The number of hydrogen-bond donors (Lipinski definition) is 0. The van der Waals surface area contributed by atoms with Gasteiger partial charge in [0.1, 0.15) is 5.75 Å². The van der Waals surface area contributed by atoms with Crippen molar-refractivity contribution in [1.29, 1.82) is 0 Å². The van der Waals surface area contributed by atoms with Crippen molar-refractivity contribution in [2.45, 2.75) is 13.5 Å². The molecular formula is C12H16N2O. The number of rotatable bonds is 3. The molecule has 1 aromatic carbocycles. The number of benzene rings is 1. The van der Waals surface area contributed by atoms with E-state index in [1.165, 1.54) is 5.56 Å². The van der Waals surface area contributed by atoms with Gasteiger partial charge in [0, 0.05) is 13.1 Å². The normalized spacial score (nSPS) is 15.3. The van der Waals surface area contributed by atoms with Crippen LogP contribution in [0.3, 0.4) is 0 Å². The molecule has 0 N–H and O–H groups in total. The maximum atomic E-state index is 5.12. The van der Waals surface area contributed by atoms with Gasteiger partial charge in [-0.2, -0.15) is 0 Å². The highest BCUT2D eigenvalue weighted by Crippen LogP contribution is 2.14. The topological polar surface area (TPSA) is 24.8 Å². The predicted molar refractivity (Wildman–Crippen MR) is 61.4 cm³/mol. The van der Waals surface area contributed by atoms with Gasteiger partial charge in [0.15, 0.2) is 0 Å². The Morgan fingerprint density at radius 2 is 2.07 bits per heavy atom. The first kappa shape index (κ1) is 10.0. The van der Waals surface area contributed by atoms with Crippen LogP contribution in [0.2, 0.25) is 0 Å². The Kier molecular flexibility index (Phi) is 2.90. The minimum absolute atomic E-state index is 0.908. The monoisotopic (exact) mass is 204 g/mol. The van der Waals surface area contributed by atoms with E-state index in [1.807, 2.05) is 12.1 Å². The van der Waals surface area contributed by atoms with Crippen LogP contribution in [0, 0.1) is 0 Å². The molecule has 0 bridgehead atoms. The smallest absolute Gasteiger partial charge is 0.118 e. The standard InChI is InChI=1S/C12H16N2O/c1-10-13-7-8-14(10)9-11-3-5-12(15-2)6-4-11/h3-6H,7-9H2,1-2H3. The lowest BCUT2D eigenvalue weighted by molar-refractivity contribution is 0.413. The van der Waals surface area contributed by atoms with Gasteiger partial charge in [-0.15, -0.1) is 0 Å². The Morgan fingerprint density at radius 3 is 2.60 bits per heavy atom. The number of amidine groups is 1. The fourth-order valence-electron chi connectivity index (χ4n) is 1.74. The molecule has 0 atom stereocenters. The van der Waals surface area contributed by atoms with Crippen LogP contribution in [-0.4, -0.2) is 30.9 Å². The van der Waals surface area contributed by atoms with Gasteiger partial charge in [-0.05, 0) is 24.6 Å². The van der Waals surface area contributed by atoms with Crippen molar-refractivity contribution in [1.82, 2.24) is 4.90 Å². The zero-order valence-corrected chi connectivity index (χ0v) is 9.23. The van der Waals surface area contributed by atoms with E-state index in [1.54, 1.807) is 7.11 Å². The summed E-state index contributed by atoms with van der Waals surface area (Å²) in [5, 5.41) is 0. The number of nitrogens with zero attached hydrogens (tertiary/aromatic N) is 2. The second-order valence-electron chi connectivity index (χ2n) is 3.70. The zero-order valence-electron chi connectivity index (χ0n) is 9.23. The molecule has 0 fully saturated rings. The second-order valence-corrected chi connectivity index (χ2v) is 3.70. The van der Waals surface area contributed by atoms with Crippen molar-refractivity contribution >= 4 is 5.84 Å². The van der Waals surface area contributed by atoms with Crippen LogP contribution in [0.15, 0.2) is 29.3 Å². The van der Waals surface area contributed by atoms with Crippen molar-refractivity contribution in [3.05, 3.63) is 29.8 Å². The van der Waals surface area contributed by atoms with Gasteiger partial charge in [0.25, 0.3) is 0 Å². The highest BCUT2D eigenvalue weighted by molar-refractivity contribution is 5.81. The Morgan fingerprint density at radius 1 is 1.33 bits per heavy atom. The van der Waals surface area contributed by atoms with Crippen molar-refractivity contribution in [2.24, 2.45) is 4.99 Å². The van der Waals surface area contributed by atoms with Crippen LogP contribution in [0.25, 0.3) is 0 Å². The summed E-state index contributed by atoms with van der Waals surface area (Å²) in [5.74, 6) is 2.05. The fourth-order valence-corrected chi connectivity index (χ4v) is 1.74. The van der Waals surface area contributed by atoms with Gasteiger partial charge in [0.05, 0.1) is 19.5 Å². The van der Waals surface area contributed by atoms with Gasteiger partial charge >= 0.3 is 0 Å². The molecule has 3 nitrogen and oxygen atoms in total. The molecule has 0 saturated carbocycles. The average molecular weight is 204 g/mol. The van der Waals surface area contributed by atoms with E-state index in [4.69, 9.17) is 4.74 Å². The van der Waals surface area contributed by atoms with Crippen molar-refractivity contribution in [3.8, 4) is 5.75 Å². The molecule has 0 spiro atoms. The van der Waals surface area contributed by atoms with E-state index in [2.05, 4.69) is 28.9 Å². The molecule has 15 heavy (non-hydrogen) atoms. The van der Waals surface area contributed by atoms with E-state index in [0.717, 1.165) is 31.2 Å². The Labute approximate surface area is 90.4 Å². The lowest BCUT2D eigenvalue weighted by Gasteiger charge is -2.17. The lowest BCUT2D eigenvalue weighted by Crippen LogP contribution is -2.24. The molecule has 1 aliphatic rings. The number of aliphatic imine (C=N–C) groups is 1. The average Bonchev–Trinajstić information content (AvgIpc) is 2.66. The van der Waals surface area contributed by atoms with Crippen LogP contribution in [-0.2, 0) is 6.54 Å². The van der Waals surface area contributed by atoms with Gasteiger partial charge in [-0.1, -0.05) is 12.1 Å². The largest absolute Gasteiger partial charge is 0.497 e. The molecule has 0 amide bonds. The Hall–Kier alpha value is -1.51. The number of methoxy groups -OCH3 is 1. The van der Waals surface area contributed by atoms with Gasteiger partial charge in [0.2, 0.25) is 0 Å². The minimum atomic E-state index is 0.908. The van der Waals surface area contributed by atoms with E-state index in [9.17, 15) is 0 Å². The molecule has 2 rings (SSSR count). The summed E-state index contributed by atoms with van der Waals surface area (Å²) in [6.07, 6.45) is 0. The molecule has 0 radical (unpaired) electrons. The molecular weight excluding hydrogens is 188 g/mol. The van der Waals surface area contributed by atoms with Crippen LogP contribution >= 0.6 is 0 Å². The van der Waals surface area contributed by atoms with E-state index in [-0.39, 0.29) is 0 Å². The molecule has 1 aromatic rings. The van der Waals surface area contributed by atoms with Crippen LogP contribution in [0.1, 0.15) is 12.5 Å². The molecule has 80 valence electrons. The lowest BCUT2D eigenvalue weighted by atomic mass is 10.2. The van der Waals surface area contributed by atoms with Crippen molar-refractivity contribution in [2.75, 3.05) is 20.2 Å². The summed E-state index contributed by atoms with van der Waals surface area (Å²) in [4.78, 5) is 6.66. The molecule has 1 heterocycles. The van der Waals surface area contributed by atoms with Gasteiger partial charge in [-0.3, -0.25) is 4.99 Å². The summed E-state index contributed by atoms with van der Waals surface area (Å²) in [5.41, 5.74) is 1.30. The third-order valence-corrected chi connectivity index (χ3v) is 2.70. The molecule has 0 aliphatic carbocycles. The third kappa shape index (κ3) is 2.29. The first-order valence-electron chi connectivity index (χ1n) is 5.18. The van der Waals surface area contributed by atoms with Crippen LogP contribution in [0.4, 0.5) is 0 Å². The highest BCUT2D eigenvalue weighted by Gasteiger charge is 2.12. The van der Waals surface area contributed by atoms with E-state index in [0.29, 0.717) is 0 Å². The molecule has 3 heteroatoms. The number of hydrogen-bond acceptors (Lipinski definition) is 3. The van der Waals surface area contributed by atoms with Gasteiger partial charge < -0.3 is 9.64 Å². The van der Waals surface area contributed by atoms with Crippen LogP contribution in [0.5, 0.6) is 5.75 Å². The molecule has 0 aromatic heterocycles. The zero-order chi connectivity index (χ0) is 10.7. The highest BCUT2D eigenvalue weighted by atomic mass is 16.5. The van der Waals surface area contributed by atoms with Crippen LogP contribution < -0.4 is 4.74 Å². The predicted octanol–water partition coefficient (Wildman–Crippen LogP) is 1.93. The first-order chi connectivity index (χ1) is 7.29. The third-order valence-electron chi connectivity index (χ3n) is 2.70. The van der Waals surface area contributed by atoms with E-state index >= 15 is 0 Å². The summed E-state index contributed by atoms with van der Waals surface area (Å²) in [6, 6.07) is 8.20. The maximum Gasteiger partial charge on any atom is 0.118 e. The van der Waals surface area contributed by atoms with Gasteiger partial charge in [-0.25, -0.2) is 0 Å². The quantitative estimate of drug-likeness (QED) is 0.751. The first-order valence-corrected chi connectivity index (χ1v) is 5.18. The maximum absolute atomic E-state index is 5.12. The second kappa shape index (κ2) is 4.34. The SMILES string of the molecule is COc1ccc(CN2CCN=C2C)cc1. The van der Waals surface area contributed by atoms with Crippen molar-refractivity contribution < 1.29 is 4.74 Å². The summed E-state index contributed by atoms with van der Waals surface area (Å²) < 4.78 is 5.12. The van der Waals surface area contributed by atoms with Crippen molar-refractivity contribution in [3.63, 3.8) is 0 Å². The fraction of sp³-hybridized carbons (Fsp3) is 0.417. The molecule has 0 saturated heterocycles. The van der Waals surface area contributed by atoms with E-state index < -0.39 is 0 Å².